The van der Waals surface area contributed by atoms with Crippen molar-refractivity contribution in [2.45, 2.75) is 12.5 Å². The van der Waals surface area contributed by atoms with Gasteiger partial charge in [-0.1, -0.05) is 41.9 Å². The van der Waals surface area contributed by atoms with Crippen LogP contribution in [0.3, 0.4) is 0 Å². The maximum absolute atomic E-state index is 10.1. The molecule has 0 aliphatic heterocycles. The van der Waals surface area contributed by atoms with Crippen molar-refractivity contribution in [1.82, 2.24) is 0 Å². The lowest BCUT2D eigenvalue weighted by molar-refractivity contribution is 0.178. The molecular weight excluding hydrogens is 347 g/mol. The lowest BCUT2D eigenvalue weighted by Crippen LogP contribution is -2.02. The molecule has 0 aromatic heterocycles. The van der Waals surface area contributed by atoms with Gasteiger partial charge in [-0.3, -0.25) is 0 Å². The first-order valence-corrected chi connectivity index (χ1v) is 6.79. The van der Waals surface area contributed by atoms with E-state index in [9.17, 15) is 5.11 Å². The van der Waals surface area contributed by atoms with Gasteiger partial charge in [-0.25, -0.2) is 0 Å². The second-order valence-electron chi connectivity index (χ2n) is 3.87. The average molecular weight is 359 g/mol. The van der Waals surface area contributed by atoms with Gasteiger partial charge >= 0.3 is 0 Å². The van der Waals surface area contributed by atoms with Crippen molar-refractivity contribution in [2.24, 2.45) is 0 Å². The highest BCUT2D eigenvalue weighted by Gasteiger charge is 2.11. The third-order valence-corrected chi connectivity index (χ3v) is 3.67. The van der Waals surface area contributed by atoms with Crippen LogP contribution in [0.4, 0.5) is 0 Å². The Morgan fingerprint density at radius 1 is 1.06 bits per heavy atom. The number of rotatable bonds is 3. The fraction of sp³-hybridized carbons (Fsp3) is 0.143. The summed E-state index contributed by atoms with van der Waals surface area (Å²) in [5, 5.41) is 10.8. The number of halogens is 2. The van der Waals surface area contributed by atoms with Gasteiger partial charge in [0, 0.05) is 15.0 Å². The minimum atomic E-state index is -0.552. The summed E-state index contributed by atoms with van der Waals surface area (Å²) >= 11 is 8.31. The van der Waals surface area contributed by atoms with Crippen LogP contribution in [0.5, 0.6) is 0 Å². The molecule has 1 nitrogen and oxygen atoms in total. The molecule has 0 spiro atoms. The van der Waals surface area contributed by atoms with Crippen LogP contribution in [0.1, 0.15) is 17.2 Å². The van der Waals surface area contributed by atoms with E-state index in [0.717, 1.165) is 11.1 Å². The van der Waals surface area contributed by atoms with Gasteiger partial charge in [-0.05, 0) is 51.9 Å². The molecule has 0 amide bonds. The normalized spacial score (nSPS) is 12.4. The molecule has 0 heterocycles. The summed E-state index contributed by atoms with van der Waals surface area (Å²) in [5.74, 6) is 0. The molecule has 0 saturated heterocycles. The molecule has 88 valence electrons. The molecule has 1 unspecified atom stereocenters. The third-order valence-electron chi connectivity index (χ3n) is 2.61. The zero-order valence-corrected chi connectivity index (χ0v) is 12.0. The number of hydrogen-bond donors (Lipinski definition) is 1. The molecule has 0 bridgehead atoms. The standard InChI is InChI=1S/C14H12ClIO/c15-13-4-2-1-3-12(13)14(17)9-10-5-7-11(16)8-6-10/h1-8,14,17H,9H2. The second kappa shape index (κ2) is 5.85. The quantitative estimate of drug-likeness (QED) is 0.815. The minimum Gasteiger partial charge on any atom is -0.388 e. The van der Waals surface area contributed by atoms with Gasteiger partial charge in [0.1, 0.15) is 0 Å². The molecule has 2 aromatic rings. The molecule has 0 fully saturated rings. The predicted octanol–water partition coefficient (Wildman–Crippen LogP) is 4.22. The van der Waals surface area contributed by atoms with Crippen LogP contribution in [0.2, 0.25) is 5.02 Å². The van der Waals surface area contributed by atoms with Crippen molar-refractivity contribution < 1.29 is 5.11 Å². The van der Waals surface area contributed by atoms with Gasteiger partial charge in [-0.15, -0.1) is 0 Å². The van der Waals surface area contributed by atoms with E-state index in [1.165, 1.54) is 3.57 Å². The van der Waals surface area contributed by atoms with E-state index in [0.29, 0.717) is 11.4 Å². The van der Waals surface area contributed by atoms with Gasteiger partial charge in [0.15, 0.2) is 0 Å². The number of aliphatic hydroxyl groups excluding tert-OH is 1. The summed E-state index contributed by atoms with van der Waals surface area (Å²) in [5.41, 5.74) is 1.89. The summed E-state index contributed by atoms with van der Waals surface area (Å²) in [7, 11) is 0. The van der Waals surface area contributed by atoms with Gasteiger partial charge in [0.25, 0.3) is 0 Å². The van der Waals surface area contributed by atoms with E-state index in [1.807, 2.05) is 42.5 Å². The van der Waals surface area contributed by atoms with Gasteiger partial charge in [-0.2, -0.15) is 0 Å². The molecule has 0 aliphatic rings. The molecule has 1 N–H and O–H groups in total. The Balaban J connectivity index is 2.14. The summed E-state index contributed by atoms with van der Waals surface area (Å²) < 4.78 is 1.19. The number of hydrogen-bond acceptors (Lipinski definition) is 1. The molecule has 17 heavy (non-hydrogen) atoms. The van der Waals surface area contributed by atoms with Crippen LogP contribution in [-0.2, 0) is 6.42 Å². The van der Waals surface area contributed by atoms with Crippen molar-refractivity contribution in [1.29, 1.82) is 0 Å². The number of aliphatic hydroxyl groups is 1. The lowest BCUT2D eigenvalue weighted by atomic mass is 10.0. The van der Waals surface area contributed by atoms with E-state index >= 15 is 0 Å². The highest BCUT2D eigenvalue weighted by atomic mass is 127. The van der Waals surface area contributed by atoms with Gasteiger partial charge in [0.2, 0.25) is 0 Å². The number of benzene rings is 2. The SMILES string of the molecule is OC(Cc1ccc(I)cc1)c1ccccc1Cl. The van der Waals surface area contributed by atoms with Crippen molar-refractivity contribution in [3.05, 3.63) is 68.3 Å². The van der Waals surface area contributed by atoms with Crippen molar-refractivity contribution in [3.8, 4) is 0 Å². The summed E-state index contributed by atoms with van der Waals surface area (Å²) in [6, 6.07) is 15.5. The smallest absolute Gasteiger partial charge is 0.0844 e. The Kier molecular flexibility index (Phi) is 4.42. The van der Waals surface area contributed by atoms with Crippen LogP contribution in [0.25, 0.3) is 0 Å². The van der Waals surface area contributed by atoms with Crippen LogP contribution in [0, 0.1) is 3.57 Å². The third kappa shape index (κ3) is 3.44. The van der Waals surface area contributed by atoms with Crippen molar-refractivity contribution in [2.75, 3.05) is 0 Å². The maximum Gasteiger partial charge on any atom is 0.0844 e. The Labute approximate surface area is 120 Å². The lowest BCUT2D eigenvalue weighted by Gasteiger charge is -2.12. The van der Waals surface area contributed by atoms with Crippen LogP contribution in [-0.4, -0.2) is 5.11 Å². The highest BCUT2D eigenvalue weighted by Crippen LogP contribution is 2.25. The van der Waals surface area contributed by atoms with E-state index in [-0.39, 0.29) is 0 Å². The predicted molar refractivity (Wildman–Crippen MR) is 79.3 cm³/mol. The Hall–Kier alpha value is -0.580. The first-order valence-electron chi connectivity index (χ1n) is 5.34. The fourth-order valence-corrected chi connectivity index (χ4v) is 2.32. The van der Waals surface area contributed by atoms with Crippen LogP contribution in [0.15, 0.2) is 48.5 Å². The molecule has 1 atom stereocenters. The molecule has 2 aromatic carbocycles. The Morgan fingerprint density at radius 2 is 1.71 bits per heavy atom. The van der Waals surface area contributed by atoms with E-state index in [4.69, 9.17) is 11.6 Å². The van der Waals surface area contributed by atoms with Gasteiger partial charge in [0.05, 0.1) is 6.10 Å². The summed E-state index contributed by atoms with van der Waals surface area (Å²) in [4.78, 5) is 0. The molecule has 0 radical (unpaired) electrons. The topological polar surface area (TPSA) is 20.2 Å². The van der Waals surface area contributed by atoms with Crippen molar-refractivity contribution >= 4 is 34.2 Å². The first-order chi connectivity index (χ1) is 8.16. The fourth-order valence-electron chi connectivity index (χ4n) is 1.70. The maximum atomic E-state index is 10.1. The first kappa shape index (κ1) is 12.9. The molecule has 0 saturated carbocycles. The second-order valence-corrected chi connectivity index (χ2v) is 5.52. The zero-order valence-electron chi connectivity index (χ0n) is 9.11. The van der Waals surface area contributed by atoms with Crippen LogP contribution < -0.4 is 0 Å². The highest BCUT2D eigenvalue weighted by molar-refractivity contribution is 14.1. The van der Waals surface area contributed by atoms with E-state index in [1.54, 1.807) is 6.07 Å². The van der Waals surface area contributed by atoms with Crippen LogP contribution >= 0.6 is 34.2 Å². The Morgan fingerprint density at radius 3 is 2.35 bits per heavy atom. The summed E-state index contributed by atoms with van der Waals surface area (Å²) in [6.07, 6.45) is 0.0319. The molecule has 3 heteroatoms. The summed E-state index contributed by atoms with van der Waals surface area (Å²) in [6.45, 7) is 0. The van der Waals surface area contributed by atoms with E-state index in [2.05, 4.69) is 22.6 Å². The average Bonchev–Trinajstić information content (AvgIpc) is 2.32. The van der Waals surface area contributed by atoms with Gasteiger partial charge < -0.3 is 5.11 Å². The molecular formula is C14H12ClIO. The van der Waals surface area contributed by atoms with E-state index < -0.39 is 6.10 Å². The molecule has 0 aliphatic carbocycles. The van der Waals surface area contributed by atoms with Crippen molar-refractivity contribution in [3.63, 3.8) is 0 Å². The largest absolute Gasteiger partial charge is 0.388 e. The zero-order chi connectivity index (χ0) is 12.3. The molecule has 2 rings (SSSR count). The Bertz CT molecular complexity index is 496. The minimum absolute atomic E-state index is 0.552. The monoisotopic (exact) mass is 358 g/mol.